The van der Waals surface area contributed by atoms with Crippen LogP contribution in [0, 0.1) is 5.82 Å². The van der Waals surface area contributed by atoms with Gasteiger partial charge in [0.25, 0.3) is 10.0 Å². The minimum atomic E-state index is -4.11. The lowest BCUT2D eigenvalue weighted by atomic mass is 10.0. The number of phenols is 1. The summed E-state index contributed by atoms with van der Waals surface area (Å²) in [6, 6.07) is 16.6. The van der Waals surface area contributed by atoms with Gasteiger partial charge in [0.1, 0.15) is 23.4 Å². The number of sulfonamides is 1. The number of benzene rings is 3. The predicted molar refractivity (Wildman–Crippen MR) is 125 cm³/mol. The highest BCUT2D eigenvalue weighted by Gasteiger charge is 2.25. The molecular weight excluding hydrogens is 463 g/mol. The first kappa shape index (κ1) is 25.4. The topological polar surface area (TPSA) is 128 Å². The van der Waals surface area contributed by atoms with Gasteiger partial charge in [-0.3, -0.25) is 10.0 Å². The molecule has 8 nitrogen and oxygen atoms in total. The minimum Gasteiger partial charge on any atom is -0.506 e. The summed E-state index contributed by atoms with van der Waals surface area (Å²) in [5.41, 5.74) is 0.525. The Labute approximate surface area is 197 Å². The number of aliphatic hydroxyl groups is 2. The molecule has 0 saturated carbocycles. The van der Waals surface area contributed by atoms with Crippen molar-refractivity contribution in [3.63, 3.8) is 0 Å². The molecule has 4 atom stereocenters. The Balaban J connectivity index is 1.76. The Morgan fingerprint density at radius 3 is 2.21 bits per heavy atom. The van der Waals surface area contributed by atoms with Crippen molar-refractivity contribution in [2.24, 2.45) is 0 Å². The predicted octanol–water partition coefficient (Wildman–Crippen LogP) is 3.13. The molecule has 5 N–H and O–H groups in total. The van der Waals surface area contributed by atoms with Gasteiger partial charge >= 0.3 is 0 Å². The fourth-order valence-electron chi connectivity index (χ4n) is 3.20. The average Bonchev–Trinajstić information content (AvgIpc) is 2.80. The van der Waals surface area contributed by atoms with Crippen LogP contribution in [0.25, 0.3) is 0 Å². The second-order valence-corrected chi connectivity index (χ2v) is 9.51. The van der Waals surface area contributed by atoms with E-state index in [4.69, 9.17) is 4.74 Å². The summed E-state index contributed by atoms with van der Waals surface area (Å²) in [5.74, 6) is -0.790. The maximum Gasteiger partial charge on any atom is 0.262 e. The number of rotatable bonds is 10. The number of halogens is 1. The van der Waals surface area contributed by atoms with Gasteiger partial charge in [0.05, 0.1) is 16.7 Å². The summed E-state index contributed by atoms with van der Waals surface area (Å²) in [4.78, 5) is -0.188. The van der Waals surface area contributed by atoms with E-state index in [1.54, 1.807) is 31.2 Å². The van der Waals surface area contributed by atoms with E-state index in [9.17, 15) is 28.1 Å². The SMILES string of the molecule is CC(O)C(NC(C)C(O)c1ccccc1)Oc1ccc(O)c(NS(=O)(=O)c2ccc(F)cc2)c1. The summed E-state index contributed by atoms with van der Waals surface area (Å²) in [7, 11) is -4.11. The van der Waals surface area contributed by atoms with Gasteiger partial charge in [0.15, 0.2) is 6.23 Å². The molecule has 0 radical (unpaired) electrons. The van der Waals surface area contributed by atoms with Gasteiger partial charge < -0.3 is 20.1 Å². The summed E-state index contributed by atoms with van der Waals surface area (Å²) in [6.45, 7) is 3.23. The van der Waals surface area contributed by atoms with E-state index in [2.05, 4.69) is 10.0 Å². The van der Waals surface area contributed by atoms with Crippen LogP contribution in [0.4, 0.5) is 10.1 Å². The molecule has 182 valence electrons. The highest BCUT2D eigenvalue weighted by molar-refractivity contribution is 7.92. The van der Waals surface area contributed by atoms with Gasteiger partial charge in [-0.1, -0.05) is 30.3 Å². The molecule has 0 aliphatic carbocycles. The molecule has 3 aromatic rings. The van der Waals surface area contributed by atoms with Crippen LogP contribution in [0.15, 0.2) is 77.7 Å². The minimum absolute atomic E-state index is 0.148. The Hall–Kier alpha value is -3.18. The molecule has 3 aromatic carbocycles. The van der Waals surface area contributed by atoms with Gasteiger partial charge in [-0.25, -0.2) is 12.8 Å². The fraction of sp³-hybridized carbons (Fsp3) is 0.250. The lowest BCUT2D eigenvalue weighted by Crippen LogP contribution is -2.49. The Bertz CT molecular complexity index is 1190. The molecule has 0 bridgehead atoms. The molecule has 0 aromatic heterocycles. The number of hydrogen-bond acceptors (Lipinski definition) is 7. The van der Waals surface area contributed by atoms with Crippen LogP contribution >= 0.6 is 0 Å². The van der Waals surface area contributed by atoms with Gasteiger partial charge in [0, 0.05) is 12.1 Å². The average molecular weight is 491 g/mol. The van der Waals surface area contributed by atoms with Gasteiger partial charge in [-0.2, -0.15) is 0 Å². The van der Waals surface area contributed by atoms with Crippen molar-refractivity contribution in [1.82, 2.24) is 5.32 Å². The fourth-order valence-corrected chi connectivity index (χ4v) is 4.26. The maximum absolute atomic E-state index is 13.1. The number of nitrogens with one attached hydrogen (secondary N) is 2. The van der Waals surface area contributed by atoms with Crippen molar-refractivity contribution in [2.45, 2.75) is 43.2 Å². The Morgan fingerprint density at radius 2 is 1.59 bits per heavy atom. The lowest BCUT2D eigenvalue weighted by Gasteiger charge is -2.29. The first-order valence-electron chi connectivity index (χ1n) is 10.5. The van der Waals surface area contributed by atoms with E-state index in [0.29, 0.717) is 5.56 Å². The number of ether oxygens (including phenoxy) is 1. The molecule has 3 rings (SSSR count). The normalized spacial score (nSPS) is 15.2. The van der Waals surface area contributed by atoms with Crippen LogP contribution in [-0.4, -0.2) is 42.1 Å². The van der Waals surface area contributed by atoms with Crippen LogP contribution in [0.3, 0.4) is 0 Å². The van der Waals surface area contributed by atoms with E-state index in [0.717, 1.165) is 24.3 Å². The number of anilines is 1. The first-order valence-corrected chi connectivity index (χ1v) is 12.0. The number of phenolic OH excluding ortho intramolecular Hbond substituents is 1. The molecule has 0 saturated heterocycles. The summed E-state index contributed by atoms with van der Waals surface area (Å²) >= 11 is 0. The molecular formula is C24H27FN2O6S. The zero-order valence-corrected chi connectivity index (χ0v) is 19.4. The van der Waals surface area contributed by atoms with Crippen molar-refractivity contribution >= 4 is 15.7 Å². The van der Waals surface area contributed by atoms with Crippen molar-refractivity contribution in [2.75, 3.05) is 4.72 Å². The van der Waals surface area contributed by atoms with Crippen LogP contribution in [-0.2, 0) is 10.0 Å². The molecule has 0 fully saturated rings. The van der Waals surface area contributed by atoms with Crippen molar-refractivity contribution in [1.29, 1.82) is 0 Å². The third kappa shape index (κ3) is 6.45. The molecule has 10 heteroatoms. The van der Waals surface area contributed by atoms with Gasteiger partial charge in [0.2, 0.25) is 0 Å². The summed E-state index contributed by atoms with van der Waals surface area (Å²) in [6.07, 6.45) is -2.83. The van der Waals surface area contributed by atoms with E-state index in [-0.39, 0.29) is 22.1 Å². The molecule has 4 unspecified atom stereocenters. The van der Waals surface area contributed by atoms with Crippen LogP contribution in [0.1, 0.15) is 25.5 Å². The second-order valence-electron chi connectivity index (χ2n) is 7.83. The second kappa shape index (κ2) is 10.8. The molecule has 0 spiro atoms. The highest BCUT2D eigenvalue weighted by atomic mass is 32.2. The molecule has 0 aliphatic heterocycles. The molecule has 0 aliphatic rings. The van der Waals surface area contributed by atoms with Crippen LogP contribution in [0.5, 0.6) is 11.5 Å². The zero-order chi connectivity index (χ0) is 24.9. The number of aliphatic hydroxyl groups excluding tert-OH is 2. The summed E-state index contributed by atoms with van der Waals surface area (Å²) in [5, 5.41) is 33.9. The Kier molecular flexibility index (Phi) is 8.11. The third-order valence-corrected chi connectivity index (χ3v) is 6.46. The Morgan fingerprint density at radius 1 is 0.941 bits per heavy atom. The van der Waals surface area contributed by atoms with Crippen molar-refractivity contribution < 1.29 is 32.9 Å². The van der Waals surface area contributed by atoms with E-state index >= 15 is 0 Å². The summed E-state index contributed by atoms with van der Waals surface area (Å²) < 4.78 is 46.4. The molecule has 0 amide bonds. The van der Waals surface area contributed by atoms with Gasteiger partial charge in [-0.05, 0) is 55.8 Å². The van der Waals surface area contributed by atoms with Crippen LogP contribution < -0.4 is 14.8 Å². The lowest BCUT2D eigenvalue weighted by molar-refractivity contribution is 0.00440. The van der Waals surface area contributed by atoms with Crippen LogP contribution in [0.2, 0.25) is 0 Å². The highest BCUT2D eigenvalue weighted by Crippen LogP contribution is 2.31. The zero-order valence-electron chi connectivity index (χ0n) is 18.6. The number of hydrogen-bond donors (Lipinski definition) is 5. The van der Waals surface area contributed by atoms with E-state index in [1.807, 2.05) is 6.07 Å². The molecule has 0 heterocycles. The third-order valence-electron chi connectivity index (χ3n) is 5.08. The maximum atomic E-state index is 13.1. The molecule has 34 heavy (non-hydrogen) atoms. The standard InChI is InChI=1S/C24H27FN2O6S/c1-15(23(30)17-6-4-3-5-7-17)26-24(16(2)28)33-19-10-13-22(29)21(14-19)27-34(31,32)20-11-8-18(25)9-12-20/h3-16,23-24,26-30H,1-2H3. The van der Waals surface area contributed by atoms with E-state index < -0.39 is 40.3 Å². The van der Waals surface area contributed by atoms with Crippen molar-refractivity contribution in [3.05, 3.63) is 84.2 Å². The van der Waals surface area contributed by atoms with Crippen molar-refractivity contribution in [3.8, 4) is 11.5 Å². The monoisotopic (exact) mass is 490 g/mol. The van der Waals surface area contributed by atoms with E-state index in [1.165, 1.54) is 25.1 Å². The largest absolute Gasteiger partial charge is 0.506 e. The smallest absolute Gasteiger partial charge is 0.262 e. The number of aromatic hydroxyl groups is 1. The first-order chi connectivity index (χ1) is 16.1. The quantitative estimate of drug-likeness (QED) is 0.218. The van der Waals surface area contributed by atoms with Gasteiger partial charge in [-0.15, -0.1) is 0 Å².